The number of nitrogens with one attached hydrogen (secondary N) is 2. The molecule has 0 fully saturated rings. The number of para-hydroxylation sites is 1. The van der Waals surface area contributed by atoms with Crippen LogP contribution < -0.4 is 10.7 Å². The maximum Gasteiger partial charge on any atom is 0.279 e. The van der Waals surface area contributed by atoms with Crippen LogP contribution in [-0.2, 0) is 16.0 Å². The van der Waals surface area contributed by atoms with Gasteiger partial charge in [-0.15, -0.1) is 0 Å². The van der Waals surface area contributed by atoms with Crippen molar-refractivity contribution < 1.29 is 19.4 Å². The van der Waals surface area contributed by atoms with Crippen molar-refractivity contribution in [2.24, 2.45) is 5.10 Å². The molecule has 2 amide bonds. The second kappa shape index (κ2) is 9.87. The van der Waals surface area contributed by atoms with E-state index in [2.05, 4.69) is 15.8 Å². The van der Waals surface area contributed by atoms with Crippen LogP contribution in [0.5, 0.6) is 0 Å². The molecule has 0 saturated heterocycles. The summed E-state index contributed by atoms with van der Waals surface area (Å²) in [6.07, 6.45) is -0.465. The Hall–Kier alpha value is -4.15. The number of benzene rings is 2. The second-order valence-electron chi connectivity index (χ2n) is 6.43. The van der Waals surface area contributed by atoms with E-state index in [0.29, 0.717) is 11.4 Å². The first-order valence-electron chi connectivity index (χ1n) is 8.76. The maximum atomic E-state index is 12.1. The molecule has 0 heterocycles. The van der Waals surface area contributed by atoms with Crippen LogP contribution in [-0.4, -0.2) is 27.4 Å². The van der Waals surface area contributed by atoms with Crippen LogP contribution in [0.2, 0.25) is 0 Å². The minimum Gasteiger partial charge on any atom is -0.326 e. The van der Waals surface area contributed by atoms with Crippen molar-refractivity contribution in [3.8, 4) is 0 Å². The predicted octanol–water partition coefficient (Wildman–Crippen LogP) is 2.87. The third kappa shape index (κ3) is 6.19. The molecule has 0 spiro atoms. The molecule has 11 heteroatoms. The molecule has 2 N–H and O–H groups in total. The van der Waals surface area contributed by atoms with E-state index in [-0.39, 0.29) is 17.9 Å². The lowest BCUT2D eigenvalue weighted by atomic mass is 10.1. The molecule has 0 atom stereocenters. The fourth-order valence-corrected chi connectivity index (χ4v) is 2.53. The van der Waals surface area contributed by atoms with E-state index in [1.54, 1.807) is 19.1 Å². The number of carbonyl (C=O) groups excluding carboxylic acids is 2. The highest BCUT2D eigenvalue weighted by Crippen LogP contribution is 2.25. The number of nitrogens with zero attached hydrogens (tertiary/aromatic N) is 3. The molecule has 156 valence electrons. The van der Waals surface area contributed by atoms with Crippen molar-refractivity contribution in [3.05, 3.63) is 73.8 Å². The minimum absolute atomic E-state index is 0.00764. The van der Waals surface area contributed by atoms with Crippen molar-refractivity contribution >= 4 is 34.6 Å². The number of amides is 2. The molecule has 30 heavy (non-hydrogen) atoms. The van der Waals surface area contributed by atoms with Crippen LogP contribution in [0.15, 0.2) is 47.6 Å². The van der Waals surface area contributed by atoms with Gasteiger partial charge in [-0.25, -0.2) is 5.43 Å². The summed E-state index contributed by atoms with van der Waals surface area (Å²) in [6.45, 7) is 3.40. The van der Waals surface area contributed by atoms with Gasteiger partial charge in [0.05, 0.1) is 28.8 Å². The summed E-state index contributed by atoms with van der Waals surface area (Å²) < 4.78 is 0. The van der Waals surface area contributed by atoms with Crippen LogP contribution in [0.1, 0.15) is 24.5 Å². The van der Waals surface area contributed by atoms with E-state index in [4.69, 9.17) is 0 Å². The van der Waals surface area contributed by atoms with Crippen molar-refractivity contribution in [1.29, 1.82) is 0 Å². The number of nitro groups is 2. The van der Waals surface area contributed by atoms with E-state index < -0.39 is 33.5 Å². The van der Waals surface area contributed by atoms with Gasteiger partial charge in [-0.3, -0.25) is 29.8 Å². The monoisotopic (exact) mass is 413 g/mol. The van der Waals surface area contributed by atoms with Gasteiger partial charge in [-0.05, 0) is 31.5 Å². The first-order chi connectivity index (χ1) is 14.2. The number of rotatable bonds is 8. The van der Waals surface area contributed by atoms with Crippen LogP contribution in [0.4, 0.5) is 17.1 Å². The van der Waals surface area contributed by atoms with Gasteiger partial charge in [0, 0.05) is 23.0 Å². The topological polar surface area (TPSA) is 157 Å². The molecular formula is C19H19N5O6. The van der Waals surface area contributed by atoms with Crippen LogP contribution >= 0.6 is 0 Å². The van der Waals surface area contributed by atoms with Gasteiger partial charge in [-0.1, -0.05) is 18.2 Å². The largest absolute Gasteiger partial charge is 0.326 e. The first-order valence-corrected chi connectivity index (χ1v) is 8.76. The van der Waals surface area contributed by atoms with E-state index in [0.717, 1.165) is 23.8 Å². The zero-order chi connectivity index (χ0) is 22.3. The Bertz CT molecular complexity index is 1030. The summed E-state index contributed by atoms with van der Waals surface area (Å²) in [5, 5.41) is 28.4. The van der Waals surface area contributed by atoms with Gasteiger partial charge in [0.2, 0.25) is 11.8 Å². The lowest BCUT2D eigenvalue weighted by Crippen LogP contribution is -2.23. The highest BCUT2D eigenvalue weighted by atomic mass is 16.6. The fraction of sp³-hybridized carbons (Fsp3) is 0.211. The molecule has 2 rings (SSSR count). The number of hydrazone groups is 1. The lowest BCUT2D eigenvalue weighted by Gasteiger charge is -2.08. The van der Waals surface area contributed by atoms with E-state index in [1.165, 1.54) is 0 Å². The highest BCUT2D eigenvalue weighted by molar-refractivity contribution is 6.06. The predicted molar refractivity (Wildman–Crippen MR) is 109 cm³/mol. The van der Waals surface area contributed by atoms with Crippen LogP contribution in [0.25, 0.3) is 0 Å². The summed E-state index contributed by atoms with van der Waals surface area (Å²) in [6, 6.07) is 10.3. The Balaban J connectivity index is 1.97. The van der Waals surface area contributed by atoms with Crippen molar-refractivity contribution in [1.82, 2.24) is 5.43 Å². The molecule has 0 bridgehead atoms. The Kier molecular flexibility index (Phi) is 7.28. The molecule has 0 unspecified atom stereocenters. The van der Waals surface area contributed by atoms with Gasteiger partial charge in [0.25, 0.3) is 11.4 Å². The highest BCUT2D eigenvalue weighted by Gasteiger charge is 2.21. The Morgan fingerprint density at radius 3 is 2.37 bits per heavy atom. The molecule has 0 saturated carbocycles. The van der Waals surface area contributed by atoms with Gasteiger partial charge in [0.15, 0.2) is 0 Å². The maximum absolute atomic E-state index is 12.1. The number of hydrogen-bond donors (Lipinski definition) is 2. The van der Waals surface area contributed by atoms with E-state index in [9.17, 15) is 29.8 Å². The lowest BCUT2D eigenvalue weighted by molar-refractivity contribution is -0.394. The molecule has 11 nitrogen and oxygen atoms in total. The number of hydrogen-bond acceptors (Lipinski definition) is 7. The average Bonchev–Trinajstić information content (AvgIpc) is 2.68. The van der Waals surface area contributed by atoms with Crippen molar-refractivity contribution in [2.45, 2.75) is 26.7 Å². The SMILES string of the molecule is C/C(CC(=O)Nc1ccccc1C)=N/NC(=O)Cc1ccc([N+](=O)[O-])cc1[N+](=O)[O-]. The minimum atomic E-state index is -0.792. The van der Waals surface area contributed by atoms with Gasteiger partial charge >= 0.3 is 0 Å². The summed E-state index contributed by atoms with van der Waals surface area (Å²) in [7, 11) is 0. The third-order valence-electron chi connectivity index (χ3n) is 4.03. The Labute approximate surface area is 171 Å². The van der Waals surface area contributed by atoms with E-state index >= 15 is 0 Å². The van der Waals surface area contributed by atoms with Crippen LogP contribution in [0, 0.1) is 27.2 Å². The summed E-state index contributed by atoms with van der Waals surface area (Å²) in [5.41, 5.74) is 3.16. The Morgan fingerprint density at radius 2 is 1.73 bits per heavy atom. The van der Waals surface area contributed by atoms with Crippen molar-refractivity contribution in [3.63, 3.8) is 0 Å². The molecule has 0 aliphatic carbocycles. The molecule has 0 aliphatic heterocycles. The van der Waals surface area contributed by atoms with Gasteiger partial charge in [-0.2, -0.15) is 5.10 Å². The first kappa shape index (κ1) is 22.1. The van der Waals surface area contributed by atoms with Crippen molar-refractivity contribution in [2.75, 3.05) is 5.32 Å². The van der Waals surface area contributed by atoms with E-state index in [1.807, 2.05) is 19.1 Å². The molecule has 0 aromatic heterocycles. The quantitative estimate of drug-likeness (QED) is 0.385. The number of carbonyl (C=O) groups is 2. The standard InChI is InChI=1S/C19H19N5O6/c1-12-5-3-4-6-16(12)20-18(25)9-13(2)21-22-19(26)10-14-7-8-15(23(27)28)11-17(14)24(29)30/h3-8,11H,9-10H2,1-2H3,(H,20,25)(H,22,26)/b21-13-. The number of aryl methyl sites for hydroxylation is 1. The molecular weight excluding hydrogens is 394 g/mol. The molecule has 2 aromatic rings. The normalized spacial score (nSPS) is 10.9. The van der Waals surface area contributed by atoms with Gasteiger partial charge in [0.1, 0.15) is 0 Å². The zero-order valence-electron chi connectivity index (χ0n) is 16.2. The molecule has 0 radical (unpaired) electrons. The summed E-state index contributed by atoms with van der Waals surface area (Å²) in [5.74, 6) is -0.976. The Morgan fingerprint density at radius 1 is 1.03 bits per heavy atom. The van der Waals surface area contributed by atoms with Crippen LogP contribution in [0.3, 0.4) is 0 Å². The summed E-state index contributed by atoms with van der Waals surface area (Å²) >= 11 is 0. The number of nitro benzene ring substituents is 2. The second-order valence-corrected chi connectivity index (χ2v) is 6.43. The fourth-order valence-electron chi connectivity index (χ4n) is 2.53. The third-order valence-corrected chi connectivity index (χ3v) is 4.03. The average molecular weight is 413 g/mol. The summed E-state index contributed by atoms with van der Waals surface area (Å²) in [4.78, 5) is 44.5. The van der Waals surface area contributed by atoms with Gasteiger partial charge < -0.3 is 5.32 Å². The smallest absolute Gasteiger partial charge is 0.279 e. The molecule has 0 aliphatic rings. The number of non-ortho nitro benzene ring substituents is 1. The zero-order valence-corrected chi connectivity index (χ0v) is 16.2. The number of anilines is 1. The molecule has 2 aromatic carbocycles.